The summed E-state index contributed by atoms with van der Waals surface area (Å²) in [7, 11) is 0. The van der Waals surface area contributed by atoms with Crippen molar-refractivity contribution >= 4 is 11.8 Å². The Morgan fingerprint density at radius 2 is 2.38 bits per heavy atom. The molecule has 0 aromatic rings. The molecule has 1 aliphatic rings. The van der Waals surface area contributed by atoms with Gasteiger partial charge in [-0.1, -0.05) is 13.3 Å². The molecule has 1 nitrogen and oxygen atoms in total. The maximum Gasteiger partial charge on any atom is 0.101 e. The quantitative estimate of drug-likeness (QED) is 0.616. The minimum atomic E-state index is -0.0356. The van der Waals surface area contributed by atoms with Gasteiger partial charge in [-0.2, -0.15) is 0 Å². The molecule has 2 heteroatoms. The third-order valence-corrected chi connectivity index (χ3v) is 2.74. The molecule has 1 aliphatic heterocycles. The first-order valence-electron chi connectivity index (χ1n) is 3.16. The van der Waals surface area contributed by atoms with E-state index in [4.69, 9.17) is 5.11 Å². The van der Waals surface area contributed by atoms with Crippen LogP contribution in [0.25, 0.3) is 0 Å². The second kappa shape index (κ2) is 2.74. The van der Waals surface area contributed by atoms with E-state index in [1.165, 1.54) is 12.8 Å². The summed E-state index contributed by atoms with van der Waals surface area (Å²) >= 11 is 1.71. The van der Waals surface area contributed by atoms with Crippen LogP contribution in [0.3, 0.4) is 0 Å². The van der Waals surface area contributed by atoms with Crippen molar-refractivity contribution in [1.29, 1.82) is 0 Å². The minimum absolute atomic E-state index is 0.0356. The highest BCUT2D eigenvalue weighted by Crippen LogP contribution is 2.36. The van der Waals surface area contributed by atoms with Gasteiger partial charge in [0.25, 0.3) is 0 Å². The lowest BCUT2D eigenvalue weighted by molar-refractivity contribution is 0.230. The van der Waals surface area contributed by atoms with Crippen LogP contribution >= 0.6 is 11.8 Å². The van der Waals surface area contributed by atoms with Crippen LogP contribution in [0.4, 0.5) is 0 Å². The average Bonchev–Trinajstić information content (AvgIpc) is 1.64. The summed E-state index contributed by atoms with van der Waals surface area (Å²) in [4.78, 5) is 0. The van der Waals surface area contributed by atoms with Gasteiger partial charge in [0.1, 0.15) is 5.44 Å². The smallest absolute Gasteiger partial charge is 0.101 e. The number of aliphatic hydroxyl groups excluding tert-OH is 1. The zero-order chi connectivity index (χ0) is 5.98. The zero-order valence-corrected chi connectivity index (χ0v) is 5.95. The standard InChI is InChI=1S/C6H12OS/c1-2-3-5-4-6(7)8-5/h5-7H,2-4H2,1H3. The molecule has 2 atom stereocenters. The molecule has 0 saturated carbocycles. The Labute approximate surface area is 54.5 Å². The van der Waals surface area contributed by atoms with Gasteiger partial charge in [-0.25, -0.2) is 0 Å². The molecule has 1 N–H and O–H groups in total. The first-order valence-corrected chi connectivity index (χ1v) is 4.10. The van der Waals surface area contributed by atoms with E-state index in [9.17, 15) is 0 Å². The molecule has 0 bridgehead atoms. The van der Waals surface area contributed by atoms with Crippen LogP contribution in [0.2, 0.25) is 0 Å². The summed E-state index contributed by atoms with van der Waals surface area (Å²) in [6.07, 6.45) is 3.56. The highest BCUT2D eigenvalue weighted by molar-refractivity contribution is 8.01. The second-order valence-corrected chi connectivity index (χ2v) is 3.72. The molecule has 0 aromatic heterocycles. The Morgan fingerprint density at radius 3 is 2.75 bits per heavy atom. The fraction of sp³-hybridized carbons (Fsp3) is 1.00. The van der Waals surface area contributed by atoms with Crippen molar-refractivity contribution in [3.8, 4) is 0 Å². The van der Waals surface area contributed by atoms with Crippen LogP contribution in [0.5, 0.6) is 0 Å². The van der Waals surface area contributed by atoms with Gasteiger partial charge >= 0.3 is 0 Å². The van der Waals surface area contributed by atoms with Crippen molar-refractivity contribution < 1.29 is 5.11 Å². The number of hydrogen-bond acceptors (Lipinski definition) is 2. The Kier molecular flexibility index (Phi) is 2.20. The number of hydrogen-bond donors (Lipinski definition) is 1. The molecular weight excluding hydrogens is 120 g/mol. The lowest BCUT2D eigenvalue weighted by Gasteiger charge is -2.30. The highest BCUT2D eigenvalue weighted by atomic mass is 32.2. The van der Waals surface area contributed by atoms with E-state index >= 15 is 0 Å². The molecule has 0 aromatic carbocycles. The fourth-order valence-electron chi connectivity index (χ4n) is 0.944. The summed E-state index contributed by atoms with van der Waals surface area (Å²) in [5.74, 6) is 0. The van der Waals surface area contributed by atoms with E-state index in [0.29, 0.717) is 0 Å². The normalized spacial score (nSPS) is 36.8. The Balaban J connectivity index is 1.98. The van der Waals surface area contributed by atoms with E-state index in [0.717, 1.165) is 11.7 Å². The molecule has 1 rings (SSSR count). The van der Waals surface area contributed by atoms with Crippen LogP contribution in [0.15, 0.2) is 0 Å². The van der Waals surface area contributed by atoms with E-state index < -0.39 is 0 Å². The molecule has 0 spiro atoms. The summed E-state index contributed by atoms with van der Waals surface area (Å²) in [5, 5.41) is 9.58. The number of thioether (sulfide) groups is 1. The average molecular weight is 132 g/mol. The zero-order valence-electron chi connectivity index (χ0n) is 5.13. The van der Waals surface area contributed by atoms with Crippen molar-refractivity contribution in [1.82, 2.24) is 0 Å². The van der Waals surface area contributed by atoms with Crippen molar-refractivity contribution in [2.24, 2.45) is 0 Å². The van der Waals surface area contributed by atoms with Gasteiger partial charge < -0.3 is 5.11 Å². The Morgan fingerprint density at radius 1 is 1.75 bits per heavy atom. The van der Waals surface area contributed by atoms with Gasteiger partial charge in [0.2, 0.25) is 0 Å². The van der Waals surface area contributed by atoms with Gasteiger partial charge in [0.05, 0.1) is 0 Å². The van der Waals surface area contributed by atoms with Crippen molar-refractivity contribution in [3.63, 3.8) is 0 Å². The van der Waals surface area contributed by atoms with Crippen LogP contribution < -0.4 is 0 Å². The summed E-state index contributed by atoms with van der Waals surface area (Å²) < 4.78 is 0. The molecule has 1 heterocycles. The first kappa shape index (κ1) is 6.43. The third-order valence-electron chi connectivity index (χ3n) is 1.42. The molecule has 48 valence electrons. The monoisotopic (exact) mass is 132 g/mol. The topological polar surface area (TPSA) is 20.2 Å². The van der Waals surface area contributed by atoms with Crippen LogP contribution in [0, 0.1) is 0 Å². The van der Waals surface area contributed by atoms with E-state index in [2.05, 4.69) is 6.92 Å². The Hall–Kier alpha value is 0.310. The van der Waals surface area contributed by atoms with Gasteiger partial charge in [-0.05, 0) is 12.8 Å². The van der Waals surface area contributed by atoms with Crippen LogP contribution in [0.1, 0.15) is 26.2 Å². The molecule has 8 heavy (non-hydrogen) atoms. The predicted octanol–water partition coefficient (Wildman–Crippen LogP) is 1.61. The SMILES string of the molecule is CCCC1CC(O)S1. The molecule has 1 fully saturated rings. The third kappa shape index (κ3) is 1.39. The van der Waals surface area contributed by atoms with Crippen molar-refractivity contribution in [3.05, 3.63) is 0 Å². The predicted molar refractivity (Wildman–Crippen MR) is 36.9 cm³/mol. The van der Waals surface area contributed by atoms with E-state index in [1.807, 2.05) is 0 Å². The van der Waals surface area contributed by atoms with Gasteiger partial charge in [-0.15, -0.1) is 11.8 Å². The number of rotatable bonds is 2. The summed E-state index contributed by atoms with van der Waals surface area (Å²) in [6, 6.07) is 0. The fourth-order valence-corrected chi connectivity index (χ4v) is 2.04. The molecule has 1 saturated heterocycles. The summed E-state index contributed by atoms with van der Waals surface area (Å²) in [6.45, 7) is 2.19. The van der Waals surface area contributed by atoms with Crippen LogP contribution in [-0.2, 0) is 0 Å². The molecule has 0 aliphatic carbocycles. The lowest BCUT2D eigenvalue weighted by Crippen LogP contribution is -2.25. The van der Waals surface area contributed by atoms with Gasteiger partial charge in [0, 0.05) is 5.25 Å². The molecule has 2 unspecified atom stereocenters. The van der Waals surface area contributed by atoms with E-state index in [-0.39, 0.29) is 5.44 Å². The van der Waals surface area contributed by atoms with Crippen molar-refractivity contribution in [2.75, 3.05) is 0 Å². The molecule has 0 amide bonds. The molecular formula is C6H12OS. The van der Waals surface area contributed by atoms with Gasteiger partial charge in [0.15, 0.2) is 0 Å². The van der Waals surface area contributed by atoms with Crippen molar-refractivity contribution in [2.45, 2.75) is 36.9 Å². The minimum Gasteiger partial charge on any atom is -0.382 e. The summed E-state index contributed by atoms with van der Waals surface area (Å²) in [5.41, 5.74) is -0.0356. The second-order valence-electron chi connectivity index (χ2n) is 2.24. The highest BCUT2D eigenvalue weighted by Gasteiger charge is 2.26. The lowest BCUT2D eigenvalue weighted by atomic mass is 10.2. The first-order chi connectivity index (χ1) is 3.83. The molecule has 0 radical (unpaired) electrons. The van der Waals surface area contributed by atoms with Crippen LogP contribution in [-0.4, -0.2) is 15.8 Å². The maximum atomic E-state index is 8.81. The Bertz CT molecular complexity index is 66.2. The maximum absolute atomic E-state index is 8.81. The van der Waals surface area contributed by atoms with Gasteiger partial charge in [-0.3, -0.25) is 0 Å². The van der Waals surface area contributed by atoms with E-state index in [1.54, 1.807) is 11.8 Å². The largest absolute Gasteiger partial charge is 0.382 e. The number of aliphatic hydroxyl groups is 1.